The molecular weight excluding hydrogens is 427 g/mol. The highest BCUT2D eigenvalue weighted by Crippen LogP contribution is 2.31. The Morgan fingerprint density at radius 2 is 1.70 bits per heavy atom. The number of amides is 3. The number of hydrogen-bond acceptors (Lipinski definition) is 5. The first-order chi connectivity index (χ1) is 15.8. The molecule has 1 atom stereocenters. The molecule has 1 saturated carbocycles. The van der Waals surface area contributed by atoms with Gasteiger partial charge in [-0.15, -0.1) is 0 Å². The van der Waals surface area contributed by atoms with Crippen molar-refractivity contribution in [2.75, 3.05) is 6.61 Å². The second kappa shape index (κ2) is 9.52. The number of fused-ring (bicyclic) bond motifs is 1. The average molecular weight is 452 g/mol. The third-order valence-corrected chi connectivity index (χ3v) is 6.18. The lowest BCUT2D eigenvalue weighted by atomic mass is 9.94. The molecule has 0 radical (unpaired) electrons. The zero-order chi connectivity index (χ0) is 23.5. The van der Waals surface area contributed by atoms with Crippen molar-refractivity contribution in [2.24, 2.45) is 0 Å². The molecule has 4 rings (SSSR count). The zero-order valence-electron chi connectivity index (χ0n) is 18.3. The van der Waals surface area contributed by atoms with E-state index >= 15 is 0 Å². The summed E-state index contributed by atoms with van der Waals surface area (Å²) in [4.78, 5) is 51.6. The minimum absolute atomic E-state index is 0.0970. The number of hydrogen-bond donors (Lipinski definition) is 1. The molecule has 2 aromatic carbocycles. The molecule has 0 aromatic heterocycles. The molecule has 0 saturated heterocycles. The maximum Gasteiger partial charge on any atom is 0.338 e. The van der Waals surface area contributed by atoms with E-state index in [-0.39, 0.29) is 40.4 Å². The molecule has 1 aliphatic heterocycles. The van der Waals surface area contributed by atoms with Crippen molar-refractivity contribution >= 4 is 23.7 Å². The zero-order valence-corrected chi connectivity index (χ0v) is 18.3. The molecule has 1 heterocycles. The SMILES string of the molecule is CC(NC(=O)COC(=O)c1ccc2c(c1)C(=O)N(C1CCCCC1)C2=O)c1ccc(F)cc1. The van der Waals surface area contributed by atoms with Gasteiger partial charge in [0.15, 0.2) is 6.61 Å². The quantitative estimate of drug-likeness (QED) is 0.532. The third kappa shape index (κ3) is 4.79. The van der Waals surface area contributed by atoms with Gasteiger partial charge in [0.25, 0.3) is 17.7 Å². The normalized spacial score (nSPS) is 17.0. The van der Waals surface area contributed by atoms with Crippen molar-refractivity contribution in [2.45, 2.75) is 51.1 Å². The van der Waals surface area contributed by atoms with Crippen LogP contribution in [0.15, 0.2) is 42.5 Å². The second-order valence-electron chi connectivity index (χ2n) is 8.45. The minimum Gasteiger partial charge on any atom is -0.452 e. The molecule has 1 aliphatic carbocycles. The molecule has 3 amide bonds. The van der Waals surface area contributed by atoms with Gasteiger partial charge in [-0.05, 0) is 55.7 Å². The van der Waals surface area contributed by atoms with Gasteiger partial charge in [0.2, 0.25) is 0 Å². The van der Waals surface area contributed by atoms with Gasteiger partial charge in [-0.3, -0.25) is 19.3 Å². The predicted octanol–water partition coefficient (Wildman–Crippen LogP) is 3.79. The van der Waals surface area contributed by atoms with E-state index in [2.05, 4.69) is 5.32 Å². The number of imide groups is 1. The van der Waals surface area contributed by atoms with Gasteiger partial charge < -0.3 is 10.1 Å². The van der Waals surface area contributed by atoms with Gasteiger partial charge in [-0.25, -0.2) is 9.18 Å². The lowest BCUT2D eigenvalue weighted by Gasteiger charge is -2.29. The highest BCUT2D eigenvalue weighted by atomic mass is 19.1. The molecule has 0 bridgehead atoms. The summed E-state index contributed by atoms with van der Waals surface area (Å²) in [6.45, 7) is 1.22. The van der Waals surface area contributed by atoms with Gasteiger partial charge in [0, 0.05) is 6.04 Å². The summed E-state index contributed by atoms with van der Waals surface area (Å²) < 4.78 is 18.1. The van der Waals surface area contributed by atoms with Gasteiger partial charge >= 0.3 is 5.97 Å². The maximum atomic E-state index is 13.0. The number of benzene rings is 2. The highest BCUT2D eigenvalue weighted by Gasteiger charge is 2.40. The van der Waals surface area contributed by atoms with Crippen LogP contribution in [-0.2, 0) is 9.53 Å². The summed E-state index contributed by atoms with van der Waals surface area (Å²) in [6.07, 6.45) is 4.67. The molecule has 1 fully saturated rings. The van der Waals surface area contributed by atoms with E-state index in [0.717, 1.165) is 32.1 Å². The molecule has 2 aromatic rings. The lowest BCUT2D eigenvalue weighted by molar-refractivity contribution is -0.124. The van der Waals surface area contributed by atoms with E-state index in [9.17, 15) is 23.6 Å². The fraction of sp³-hybridized carbons (Fsp3) is 0.360. The van der Waals surface area contributed by atoms with Crippen LogP contribution < -0.4 is 5.32 Å². The lowest BCUT2D eigenvalue weighted by Crippen LogP contribution is -2.40. The molecule has 1 unspecified atom stereocenters. The van der Waals surface area contributed by atoms with Crippen LogP contribution in [0.5, 0.6) is 0 Å². The largest absolute Gasteiger partial charge is 0.452 e. The van der Waals surface area contributed by atoms with Crippen molar-refractivity contribution in [1.82, 2.24) is 10.2 Å². The molecule has 8 heteroatoms. The Hall–Kier alpha value is -3.55. The maximum absolute atomic E-state index is 13.0. The first-order valence-electron chi connectivity index (χ1n) is 11.1. The van der Waals surface area contributed by atoms with Crippen molar-refractivity contribution in [3.05, 3.63) is 70.5 Å². The van der Waals surface area contributed by atoms with Crippen LogP contribution in [0.1, 0.15) is 81.7 Å². The summed E-state index contributed by atoms with van der Waals surface area (Å²) in [5, 5.41) is 2.68. The molecular formula is C25H25FN2O5. The van der Waals surface area contributed by atoms with Crippen LogP contribution in [-0.4, -0.2) is 41.2 Å². The van der Waals surface area contributed by atoms with Gasteiger partial charge in [0.05, 0.1) is 22.7 Å². The van der Waals surface area contributed by atoms with Crippen molar-refractivity contribution in [3.8, 4) is 0 Å². The molecule has 33 heavy (non-hydrogen) atoms. The predicted molar refractivity (Wildman–Crippen MR) is 117 cm³/mol. The molecule has 1 N–H and O–H groups in total. The first kappa shape index (κ1) is 22.6. The van der Waals surface area contributed by atoms with Crippen molar-refractivity contribution in [1.29, 1.82) is 0 Å². The fourth-order valence-electron chi connectivity index (χ4n) is 4.39. The van der Waals surface area contributed by atoms with E-state index < -0.39 is 24.5 Å². The summed E-state index contributed by atoms with van der Waals surface area (Å²) in [5.74, 6) is -2.36. The van der Waals surface area contributed by atoms with Gasteiger partial charge in [-0.1, -0.05) is 31.4 Å². The summed E-state index contributed by atoms with van der Waals surface area (Å²) in [5.41, 5.74) is 1.28. The van der Waals surface area contributed by atoms with E-state index in [0.29, 0.717) is 5.56 Å². The van der Waals surface area contributed by atoms with Crippen molar-refractivity contribution < 1.29 is 28.3 Å². The second-order valence-corrected chi connectivity index (χ2v) is 8.45. The number of carbonyl (C=O) groups excluding carboxylic acids is 4. The molecule has 2 aliphatic rings. The number of halogens is 1. The van der Waals surface area contributed by atoms with Crippen molar-refractivity contribution in [3.63, 3.8) is 0 Å². The molecule has 172 valence electrons. The van der Waals surface area contributed by atoms with Crippen LogP contribution in [0.4, 0.5) is 4.39 Å². The smallest absolute Gasteiger partial charge is 0.338 e. The average Bonchev–Trinajstić information content (AvgIpc) is 3.07. The summed E-state index contributed by atoms with van der Waals surface area (Å²) >= 11 is 0. The Morgan fingerprint density at radius 1 is 1.03 bits per heavy atom. The molecule has 0 spiro atoms. The standard InChI is InChI=1S/C25H25FN2O5/c1-15(16-7-10-18(26)11-8-16)27-22(29)14-33-25(32)17-9-12-20-21(13-17)24(31)28(23(20)30)19-5-3-2-4-6-19/h7-13,15,19H,2-6,14H2,1H3,(H,27,29). The Bertz CT molecular complexity index is 1090. The van der Waals surface area contributed by atoms with Crippen LogP contribution in [0.25, 0.3) is 0 Å². The van der Waals surface area contributed by atoms with Crippen LogP contribution in [0.3, 0.4) is 0 Å². The monoisotopic (exact) mass is 452 g/mol. The Labute approximate surface area is 190 Å². The van der Waals surface area contributed by atoms with Crippen LogP contribution in [0, 0.1) is 5.82 Å². The number of nitrogens with zero attached hydrogens (tertiary/aromatic N) is 1. The third-order valence-electron chi connectivity index (χ3n) is 6.18. The van der Waals surface area contributed by atoms with E-state index in [1.807, 2.05) is 0 Å². The van der Waals surface area contributed by atoms with Crippen LogP contribution in [0.2, 0.25) is 0 Å². The molecule has 7 nitrogen and oxygen atoms in total. The summed E-state index contributed by atoms with van der Waals surface area (Å²) in [6, 6.07) is 9.47. The van der Waals surface area contributed by atoms with Gasteiger partial charge in [0.1, 0.15) is 5.82 Å². The van der Waals surface area contributed by atoms with Crippen LogP contribution >= 0.6 is 0 Å². The fourth-order valence-corrected chi connectivity index (χ4v) is 4.39. The highest BCUT2D eigenvalue weighted by molar-refractivity contribution is 6.22. The summed E-state index contributed by atoms with van der Waals surface area (Å²) in [7, 11) is 0. The first-order valence-corrected chi connectivity index (χ1v) is 11.1. The number of ether oxygens (including phenoxy) is 1. The Morgan fingerprint density at radius 3 is 2.39 bits per heavy atom. The topological polar surface area (TPSA) is 92.8 Å². The number of esters is 1. The van der Waals surface area contributed by atoms with E-state index in [4.69, 9.17) is 4.74 Å². The van der Waals surface area contributed by atoms with E-state index in [1.165, 1.54) is 35.2 Å². The number of nitrogens with one attached hydrogen (secondary N) is 1. The number of carbonyl (C=O) groups is 4. The Kier molecular flexibility index (Phi) is 6.53. The van der Waals surface area contributed by atoms with E-state index in [1.54, 1.807) is 19.1 Å². The number of rotatable bonds is 6. The Balaban J connectivity index is 1.36. The van der Waals surface area contributed by atoms with Gasteiger partial charge in [-0.2, -0.15) is 0 Å². The minimum atomic E-state index is -0.765.